The molecule has 6 N–H and O–H groups in total. The number of carboxylic acid groups (broad SMARTS) is 1. The van der Waals surface area contributed by atoms with Crippen LogP contribution in [-0.4, -0.2) is 43.3 Å². The highest BCUT2D eigenvalue weighted by molar-refractivity contribution is 6.00. The Morgan fingerprint density at radius 3 is 2.48 bits per heavy atom. The van der Waals surface area contributed by atoms with E-state index < -0.39 is 18.0 Å². The number of carbonyl (C=O) groups excluding carboxylic acids is 2. The summed E-state index contributed by atoms with van der Waals surface area (Å²) in [5, 5.41) is 16.2. The zero-order chi connectivity index (χ0) is 15.8. The van der Waals surface area contributed by atoms with Crippen molar-refractivity contribution in [3.05, 3.63) is 23.8 Å². The molecule has 0 aliphatic rings. The Bertz CT molecular complexity index is 546. The molecule has 0 saturated heterocycles. The molecule has 0 saturated carbocycles. The molecule has 9 nitrogen and oxygen atoms in total. The molecule has 1 aromatic rings. The predicted octanol–water partition coefficient (Wildman–Crippen LogP) is 0.183. The summed E-state index contributed by atoms with van der Waals surface area (Å²) in [4.78, 5) is 33.1. The maximum atomic E-state index is 11.6. The quantitative estimate of drug-likeness (QED) is 0.476. The minimum atomic E-state index is -1.18. The largest absolute Gasteiger partial charge is 0.497 e. The van der Waals surface area contributed by atoms with E-state index in [1.807, 2.05) is 0 Å². The molecule has 9 heteroatoms. The van der Waals surface area contributed by atoms with E-state index in [9.17, 15) is 14.4 Å². The van der Waals surface area contributed by atoms with Gasteiger partial charge in [0.25, 0.3) is 0 Å². The van der Waals surface area contributed by atoms with E-state index in [2.05, 4.69) is 16.0 Å². The van der Waals surface area contributed by atoms with Crippen LogP contribution < -0.4 is 26.4 Å². The SMILES string of the molecule is COc1ccc(C(=O)O)c(NC(=O)NCCNC(N)=O)c1. The number of urea groups is 2. The van der Waals surface area contributed by atoms with Crippen molar-refractivity contribution in [3.8, 4) is 5.75 Å². The van der Waals surface area contributed by atoms with Crippen LogP contribution in [0.3, 0.4) is 0 Å². The molecule has 1 rings (SSSR count). The van der Waals surface area contributed by atoms with E-state index in [-0.39, 0.29) is 24.3 Å². The van der Waals surface area contributed by atoms with E-state index in [1.54, 1.807) is 0 Å². The van der Waals surface area contributed by atoms with Crippen LogP contribution in [-0.2, 0) is 0 Å². The van der Waals surface area contributed by atoms with Crippen molar-refractivity contribution < 1.29 is 24.2 Å². The number of nitrogens with one attached hydrogen (secondary N) is 3. The Balaban J connectivity index is 2.65. The molecule has 0 unspecified atom stereocenters. The number of benzene rings is 1. The Kier molecular flexibility index (Phi) is 5.80. The van der Waals surface area contributed by atoms with Gasteiger partial charge in [-0.25, -0.2) is 14.4 Å². The third-order valence-electron chi connectivity index (χ3n) is 2.42. The fraction of sp³-hybridized carbons (Fsp3) is 0.250. The van der Waals surface area contributed by atoms with Crippen LogP contribution in [0.15, 0.2) is 18.2 Å². The van der Waals surface area contributed by atoms with E-state index in [1.165, 1.54) is 25.3 Å². The van der Waals surface area contributed by atoms with Gasteiger partial charge in [-0.05, 0) is 12.1 Å². The van der Waals surface area contributed by atoms with E-state index in [0.717, 1.165) is 0 Å². The Morgan fingerprint density at radius 2 is 1.90 bits per heavy atom. The van der Waals surface area contributed by atoms with Crippen LogP contribution in [0.4, 0.5) is 15.3 Å². The predicted molar refractivity (Wildman–Crippen MR) is 74.6 cm³/mol. The monoisotopic (exact) mass is 296 g/mol. The molecule has 21 heavy (non-hydrogen) atoms. The van der Waals surface area contributed by atoms with Crippen molar-refractivity contribution in [1.82, 2.24) is 10.6 Å². The lowest BCUT2D eigenvalue weighted by molar-refractivity contribution is 0.0698. The van der Waals surface area contributed by atoms with Gasteiger partial charge in [-0.2, -0.15) is 0 Å². The second-order valence-corrected chi connectivity index (χ2v) is 3.89. The number of carboxylic acids is 1. The summed E-state index contributed by atoms with van der Waals surface area (Å²) in [6.45, 7) is 0.299. The zero-order valence-electron chi connectivity index (χ0n) is 11.3. The number of hydrogen-bond donors (Lipinski definition) is 5. The fourth-order valence-electron chi connectivity index (χ4n) is 1.47. The lowest BCUT2D eigenvalue weighted by Gasteiger charge is -2.11. The number of amides is 4. The number of aromatic carboxylic acids is 1. The number of anilines is 1. The van der Waals surface area contributed by atoms with Crippen molar-refractivity contribution in [3.63, 3.8) is 0 Å². The standard InChI is InChI=1S/C12H16N4O5/c1-21-7-2-3-8(10(17)18)9(6-7)16-12(20)15-5-4-14-11(13)19/h2-3,6H,4-5H2,1H3,(H,17,18)(H3,13,14,19)(H2,15,16,20). The summed E-state index contributed by atoms with van der Waals surface area (Å²) in [6, 6.07) is 2.88. The lowest BCUT2D eigenvalue weighted by atomic mass is 10.1. The van der Waals surface area contributed by atoms with Crippen LogP contribution in [0.25, 0.3) is 0 Å². The number of methoxy groups -OCH3 is 1. The Hall–Kier alpha value is -2.97. The van der Waals surface area contributed by atoms with Gasteiger partial charge in [-0.3, -0.25) is 0 Å². The molecular formula is C12H16N4O5. The molecule has 0 spiro atoms. The average Bonchev–Trinajstić information content (AvgIpc) is 2.43. The fourth-order valence-corrected chi connectivity index (χ4v) is 1.47. The first-order valence-corrected chi connectivity index (χ1v) is 5.93. The minimum Gasteiger partial charge on any atom is -0.497 e. The number of primary amides is 1. The van der Waals surface area contributed by atoms with Crippen LogP contribution >= 0.6 is 0 Å². The van der Waals surface area contributed by atoms with E-state index in [4.69, 9.17) is 15.6 Å². The lowest BCUT2D eigenvalue weighted by Crippen LogP contribution is -2.38. The highest BCUT2D eigenvalue weighted by Crippen LogP contribution is 2.22. The van der Waals surface area contributed by atoms with Crippen molar-refractivity contribution in [1.29, 1.82) is 0 Å². The smallest absolute Gasteiger partial charge is 0.337 e. The molecule has 0 aromatic heterocycles. The van der Waals surface area contributed by atoms with Gasteiger partial charge in [-0.1, -0.05) is 0 Å². The molecule has 0 heterocycles. The summed E-state index contributed by atoms with van der Waals surface area (Å²) >= 11 is 0. The van der Waals surface area contributed by atoms with Crippen LogP contribution in [0.5, 0.6) is 5.75 Å². The number of hydrogen-bond acceptors (Lipinski definition) is 4. The van der Waals surface area contributed by atoms with Crippen molar-refractivity contribution in [2.24, 2.45) is 5.73 Å². The third kappa shape index (κ3) is 5.27. The number of rotatable bonds is 6. The summed E-state index contributed by atoms with van der Waals surface area (Å²) in [7, 11) is 1.43. The molecule has 0 aliphatic heterocycles. The van der Waals surface area contributed by atoms with Gasteiger partial charge in [0.05, 0.1) is 18.4 Å². The maximum absolute atomic E-state index is 11.6. The minimum absolute atomic E-state index is 0.0683. The van der Waals surface area contributed by atoms with Gasteiger partial charge in [0.1, 0.15) is 5.75 Å². The first-order chi connectivity index (χ1) is 9.93. The van der Waals surface area contributed by atoms with Crippen LogP contribution in [0.1, 0.15) is 10.4 Å². The van der Waals surface area contributed by atoms with Crippen LogP contribution in [0.2, 0.25) is 0 Å². The van der Waals surface area contributed by atoms with E-state index >= 15 is 0 Å². The van der Waals surface area contributed by atoms with Gasteiger partial charge in [0.2, 0.25) is 0 Å². The van der Waals surface area contributed by atoms with Gasteiger partial charge >= 0.3 is 18.0 Å². The first kappa shape index (κ1) is 16.1. The van der Waals surface area contributed by atoms with Crippen molar-refractivity contribution in [2.75, 3.05) is 25.5 Å². The Labute approximate surface area is 120 Å². The Morgan fingerprint density at radius 1 is 1.24 bits per heavy atom. The summed E-state index contributed by atoms with van der Waals surface area (Å²) < 4.78 is 4.97. The molecular weight excluding hydrogens is 280 g/mol. The zero-order valence-corrected chi connectivity index (χ0v) is 11.3. The molecule has 114 valence electrons. The van der Waals surface area contributed by atoms with Gasteiger partial charge in [-0.15, -0.1) is 0 Å². The second-order valence-electron chi connectivity index (χ2n) is 3.89. The molecule has 0 radical (unpaired) electrons. The third-order valence-corrected chi connectivity index (χ3v) is 2.42. The molecule has 1 aromatic carbocycles. The molecule has 0 atom stereocenters. The van der Waals surface area contributed by atoms with Crippen molar-refractivity contribution >= 4 is 23.7 Å². The highest BCUT2D eigenvalue weighted by atomic mass is 16.5. The van der Waals surface area contributed by atoms with Gasteiger partial charge < -0.3 is 31.5 Å². The van der Waals surface area contributed by atoms with Gasteiger partial charge in [0.15, 0.2) is 0 Å². The normalized spacial score (nSPS) is 9.57. The first-order valence-electron chi connectivity index (χ1n) is 5.93. The van der Waals surface area contributed by atoms with E-state index in [0.29, 0.717) is 5.75 Å². The highest BCUT2D eigenvalue weighted by Gasteiger charge is 2.13. The van der Waals surface area contributed by atoms with Crippen molar-refractivity contribution in [2.45, 2.75) is 0 Å². The maximum Gasteiger partial charge on any atom is 0.337 e. The molecule has 0 aliphatic carbocycles. The topological polar surface area (TPSA) is 143 Å². The molecule has 0 bridgehead atoms. The second kappa shape index (κ2) is 7.58. The number of nitrogens with two attached hydrogens (primary N) is 1. The summed E-state index contributed by atoms with van der Waals surface area (Å²) in [5.74, 6) is -0.769. The number of carbonyl (C=O) groups is 3. The molecule has 4 amide bonds. The van der Waals surface area contributed by atoms with Crippen LogP contribution in [0, 0.1) is 0 Å². The van der Waals surface area contributed by atoms with Gasteiger partial charge in [0, 0.05) is 19.2 Å². The summed E-state index contributed by atoms with van der Waals surface area (Å²) in [6.07, 6.45) is 0. The number of ether oxygens (including phenoxy) is 1. The average molecular weight is 296 g/mol. The molecule has 0 fully saturated rings. The summed E-state index contributed by atoms with van der Waals surface area (Å²) in [5.41, 5.74) is 4.89.